The SMILES string of the molecule is CCOc1cc([C@H]2c3sc(=O)[nH]c3SC3C4CC(C5C(=O)N(c6ccccc6)C(=O)C45)C32)ccc1OCC(=O)N1CCCCC1. The van der Waals surface area contributed by atoms with Gasteiger partial charge in [-0.1, -0.05) is 35.6 Å². The second kappa shape index (κ2) is 11.3. The van der Waals surface area contributed by atoms with E-state index in [1.165, 1.54) is 16.2 Å². The minimum atomic E-state index is -0.362. The van der Waals surface area contributed by atoms with Gasteiger partial charge in [0, 0.05) is 29.1 Å². The fourth-order valence-corrected chi connectivity index (χ4v) is 11.6. The number of fused-ring (bicyclic) bond motifs is 9. The van der Waals surface area contributed by atoms with Crippen LogP contribution in [-0.4, -0.2) is 59.2 Å². The maximum absolute atomic E-state index is 14.0. The molecule has 234 valence electrons. The first-order valence-corrected chi connectivity index (χ1v) is 17.6. The highest BCUT2D eigenvalue weighted by Gasteiger charge is 2.69. The van der Waals surface area contributed by atoms with Crippen molar-refractivity contribution in [2.45, 2.75) is 48.8 Å². The normalized spacial score (nSPS) is 29.8. The zero-order valence-electron chi connectivity index (χ0n) is 25.0. The Morgan fingerprint density at radius 1 is 0.933 bits per heavy atom. The Bertz CT molecular complexity index is 1720. The number of carbonyl (C=O) groups excluding carboxylic acids is 3. The Kier molecular flexibility index (Phi) is 7.28. The number of thiazole rings is 1. The standard InChI is InChI=1S/C34H35N3O6S2/c1-2-42-23-15-18(11-12-22(23)43-17-24(38)36-13-7-4-8-14-36)25-26-20-16-21(29(26)44-31-30(25)45-34(41)35-31)28-27(20)32(39)37(33(28)40)19-9-5-3-6-10-19/h3,5-6,9-12,15,20-21,25-29H,2,4,7-8,13-14,16-17H2,1H3,(H,35,41)/t20?,21?,25-,26?,27?,28?,29?/m1/s1. The van der Waals surface area contributed by atoms with Crippen LogP contribution in [0.5, 0.6) is 11.5 Å². The second-order valence-corrected chi connectivity index (χ2v) is 14.9. The van der Waals surface area contributed by atoms with E-state index in [0.29, 0.717) is 23.8 Å². The summed E-state index contributed by atoms with van der Waals surface area (Å²) in [5.74, 6) is 0.169. The third-order valence-electron chi connectivity index (χ3n) is 10.4. The first kappa shape index (κ1) is 28.9. The number of nitrogens with one attached hydrogen (secondary N) is 1. The second-order valence-electron chi connectivity index (χ2n) is 12.7. The molecule has 1 N–H and O–H groups in total. The molecule has 2 aromatic carbocycles. The summed E-state index contributed by atoms with van der Waals surface area (Å²) in [5.41, 5.74) is 1.62. The van der Waals surface area contributed by atoms with E-state index in [1.54, 1.807) is 11.8 Å². The van der Waals surface area contributed by atoms with Crippen molar-refractivity contribution in [3.8, 4) is 11.5 Å². The molecule has 5 aliphatic rings. The fraction of sp³-hybridized carbons (Fsp3) is 0.471. The number of likely N-dealkylation sites (tertiary alicyclic amines) is 1. The highest BCUT2D eigenvalue weighted by Crippen LogP contribution is 2.68. The summed E-state index contributed by atoms with van der Waals surface area (Å²) in [4.78, 5) is 60.5. The number of hydrogen-bond acceptors (Lipinski definition) is 8. The molecular formula is C34H35N3O6S2. The first-order chi connectivity index (χ1) is 21.9. The topological polar surface area (TPSA) is 109 Å². The number of imide groups is 1. The van der Waals surface area contributed by atoms with Gasteiger partial charge in [-0.15, -0.1) is 11.8 Å². The minimum Gasteiger partial charge on any atom is -0.490 e. The number of thioether (sulfide) groups is 1. The average Bonchev–Trinajstić information content (AvgIpc) is 3.80. The lowest BCUT2D eigenvalue weighted by molar-refractivity contribution is -0.134. The van der Waals surface area contributed by atoms with Crippen molar-refractivity contribution in [3.05, 3.63) is 68.6 Å². The van der Waals surface area contributed by atoms with Gasteiger partial charge in [-0.3, -0.25) is 24.1 Å². The summed E-state index contributed by atoms with van der Waals surface area (Å²) >= 11 is 2.91. The zero-order valence-corrected chi connectivity index (χ0v) is 26.6. The minimum absolute atomic E-state index is 0.0200. The number of piperidine rings is 1. The predicted molar refractivity (Wildman–Crippen MR) is 171 cm³/mol. The Balaban J connectivity index is 1.13. The summed E-state index contributed by atoms with van der Waals surface area (Å²) in [6.45, 7) is 3.83. The van der Waals surface area contributed by atoms with Gasteiger partial charge in [0.2, 0.25) is 11.8 Å². The van der Waals surface area contributed by atoms with E-state index < -0.39 is 0 Å². The molecule has 1 aromatic heterocycles. The van der Waals surface area contributed by atoms with E-state index in [9.17, 15) is 19.2 Å². The molecule has 2 saturated heterocycles. The number of carbonyl (C=O) groups is 3. The molecule has 4 fully saturated rings. The largest absolute Gasteiger partial charge is 0.490 e. The molecule has 9 nitrogen and oxygen atoms in total. The van der Waals surface area contributed by atoms with E-state index in [0.717, 1.165) is 54.2 Å². The molecule has 6 unspecified atom stereocenters. The monoisotopic (exact) mass is 645 g/mol. The van der Waals surface area contributed by atoms with Crippen LogP contribution >= 0.6 is 23.1 Å². The van der Waals surface area contributed by atoms with Crippen LogP contribution in [0.1, 0.15) is 49.0 Å². The quantitative estimate of drug-likeness (QED) is 0.364. The third-order valence-corrected chi connectivity index (χ3v) is 13.0. The summed E-state index contributed by atoms with van der Waals surface area (Å²) < 4.78 is 12.1. The van der Waals surface area contributed by atoms with Crippen molar-refractivity contribution in [3.63, 3.8) is 0 Å². The van der Waals surface area contributed by atoms with Crippen LogP contribution < -0.4 is 19.2 Å². The van der Waals surface area contributed by atoms with Crippen LogP contribution in [0.4, 0.5) is 5.69 Å². The fourth-order valence-electron chi connectivity index (χ4n) is 8.70. The highest BCUT2D eigenvalue weighted by molar-refractivity contribution is 8.00. The van der Waals surface area contributed by atoms with Gasteiger partial charge in [0.1, 0.15) is 0 Å². The van der Waals surface area contributed by atoms with E-state index in [-0.39, 0.29) is 70.0 Å². The number of benzene rings is 2. The van der Waals surface area contributed by atoms with Crippen molar-refractivity contribution in [2.75, 3.05) is 31.2 Å². The number of rotatable bonds is 7. The van der Waals surface area contributed by atoms with Crippen LogP contribution in [0.3, 0.4) is 0 Å². The molecular weight excluding hydrogens is 611 g/mol. The van der Waals surface area contributed by atoms with E-state index in [2.05, 4.69) is 4.98 Å². The summed E-state index contributed by atoms with van der Waals surface area (Å²) in [6.07, 6.45) is 4.02. The van der Waals surface area contributed by atoms with Crippen LogP contribution in [0, 0.1) is 29.6 Å². The van der Waals surface area contributed by atoms with Crippen molar-refractivity contribution in [1.29, 1.82) is 0 Å². The number of amides is 3. The Morgan fingerprint density at radius 3 is 2.44 bits per heavy atom. The molecule has 3 aromatic rings. The third kappa shape index (κ3) is 4.64. The lowest BCUT2D eigenvalue weighted by Crippen LogP contribution is -2.42. The van der Waals surface area contributed by atoms with Crippen LogP contribution in [0.25, 0.3) is 0 Å². The molecule has 45 heavy (non-hydrogen) atoms. The molecule has 2 aliphatic carbocycles. The average molecular weight is 646 g/mol. The van der Waals surface area contributed by atoms with Crippen molar-refractivity contribution >= 4 is 46.5 Å². The zero-order chi connectivity index (χ0) is 30.8. The Morgan fingerprint density at radius 2 is 1.69 bits per heavy atom. The van der Waals surface area contributed by atoms with Gasteiger partial charge in [-0.2, -0.15) is 0 Å². The Labute approximate surface area is 269 Å². The van der Waals surface area contributed by atoms with Gasteiger partial charge in [0.25, 0.3) is 5.91 Å². The van der Waals surface area contributed by atoms with Crippen molar-refractivity contribution in [1.82, 2.24) is 9.88 Å². The van der Waals surface area contributed by atoms with Gasteiger partial charge < -0.3 is 19.4 Å². The molecule has 3 aliphatic heterocycles. The lowest BCUT2D eigenvalue weighted by Gasteiger charge is -2.43. The molecule has 7 atom stereocenters. The van der Waals surface area contributed by atoms with E-state index in [4.69, 9.17) is 9.47 Å². The van der Waals surface area contributed by atoms with E-state index >= 15 is 0 Å². The molecule has 8 rings (SSSR count). The van der Waals surface area contributed by atoms with Crippen LogP contribution in [0.15, 0.2) is 58.4 Å². The summed E-state index contributed by atoms with van der Waals surface area (Å²) in [6, 6.07) is 15.1. The number of para-hydroxylation sites is 1. The molecule has 0 radical (unpaired) electrons. The maximum Gasteiger partial charge on any atom is 0.305 e. The summed E-state index contributed by atoms with van der Waals surface area (Å²) in [7, 11) is 0. The number of nitrogens with zero attached hydrogens (tertiary/aromatic N) is 2. The maximum atomic E-state index is 14.0. The number of anilines is 1. The predicted octanol–water partition coefficient (Wildman–Crippen LogP) is 4.90. The Hall–Kier alpha value is -3.57. The highest BCUT2D eigenvalue weighted by atomic mass is 32.2. The van der Waals surface area contributed by atoms with E-state index in [1.807, 2.05) is 60.4 Å². The molecule has 0 spiro atoms. The molecule has 4 heterocycles. The van der Waals surface area contributed by atoms with Crippen LogP contribution in [-0.2, 0) is 14.4 Å². The number of hydrogen-bond donors (Lipinski definition) is 1. The van der Waals surface area contributed by atoms with Gasteiger partial charge in [-0.05, 0) is 80.2 Å². The first-order valence-electron chi connectivity index (χ1n) is 15.9. The van der Waals surface area contributed by atoms with Gasteiger partial charge in [-0.25, -0.2) is 0 Å². The molecule has 3 amide bonds. The lowest BCUT2D eigenvalue weighted by atomic mass is 9.68. The molecule has 2 bridgehead atoms. The smallest absolute Gasteiger partial charge is 0.305 e. The summed E-state index contributed by atoms with van der Waals surface area (Å²) in [5, 5.41) is 0.961. The number of ether oxygens (including phenoxy) is 2. The van der Waals surface area contributed by atoms with Crippen LogP contribution in [0.2, 0.25) is 0 Å². The number of aromatic amines is 1. The van der Waals surface area contributed by atoms with Gasteiger partial charge >= 0.3 is 4.87 Å². The molecule has 2 saturated carbocycles. The van der Waals surface area contributed by atoms with Crippen molar-refractivity contribution < 1.29 is 23.9 Å². The van der Waals surface area contributed by atoms with Crippen molar-refractivity contribution in [2.24, 2.45) is 29.6 Å². The number of aromatic nitrogens is 1. The van der Waals surface area contributed by atoms with Gasteiger partial charge in [0.15, 0.2) is 18.1 Å². The van der Waals surface area contributed by atoms with Gasteiger partial charge in [0.05, 0.1) is 29.2 Å². The molecule has 11 heteroatoms. The number of H-pyrrole nitrogens is 1.